The van der Waals surface area contributed by atoms with E-state index in [0.717, 1.165) is 32.2 Å². The van der Waals surface area contributed by atoms with Crippen LogP contribution in [0.5, 0.6) is 0 Å². The summed E-state index contributed by atoms with van der Waals surface area (Å²) in [5, 5.41) is 13.9. The Morgan fingerprint density at radius 3 is 2.38 bits per heavy atom. The van der Waals surface area contributed by atoms with E-state index in [9.17, 15) is 14.8 Å². The lowest BCUT2D eigenvalue weighted by molar-refractivity contribution is -0.130. The molecule has 1 amide bonds. The molecule has 8 nitrogen and oxygen atoms in total. The van der Waals surface area contributed by atoms with E-state index >= 15 is 0 Å². The Labute approximate surface area is 221 Å². The number of hydrogen-bond acceptors (Lipinski definition) is 5. The van der Waals surface area contributed by atoms with Crippen LogP contribution >= 0.6 is 0 Å². The Hall–Kier alpha value is -2.45. The summed E-state index contributed by atoms with van der Waals surface area (Å²) in [5.74, 6) is 0.199. The van der Waals surface area contributed by atoms with Crippen molar-refractivity contribution in [3.8, 4) is 0 Å². The topological polar surface area (TPSA) is 86.4 Å². The number of Topliss-reactive ketones (excluding diaryl/α,β-unsaturated/α-hetero) is 1. The molecule has 0 N–H and O–H groups in total. The van der Waals surface area contributed by atoms with E-state index in [4.69, 9.17) is 0 Å². The van der Waals surface area contributed by atoms with Gasteiger partial charge in [-0.2, -0.15) is 0 Å². The summed E-state index contributed by atoms with van der Waals surface area (Å²) in [6, 6.07) is 2.46. The van der Waals surface area contributed by atoms with E-state index in [1.807, 2.05) is 64.9 Å². The van der Waals surface area contributed by atoms with Crippen molar-refractivity contribution in [2.24, 2.45) is 5.92 Å². The van der Waals surface area contributed by atoms with Crippen LogP contribution < -0.4 is 0 Å². The molecule has 4 rings (SSSR count). The molecule has 0 bridgehead atoms. The number of ketones is 1. The van der Waals surface area contributed by atoms with E-state index in [1.54, 1.807) is 0 Å². The number of hydrogen-bond donors (Lipinski definition) is 0. The van der Waals surface area contributed by atoms with Gasteiger partial charge in [0, 0.05) is 78.4 Å². The Bertz CT molecular complexity index is 1060. The van der Waals surface area contributed by atoms with Gasteiger partial charge in [-0.1, -0.05) is 6.92 Å². The van der Waals surface area contributed by atoms with E-state index in [-0.39, 0.29) is 35.7 Å². The van der Waals surface area contributed by atoms with Crippen molar-refractivity contribution < 1.29 is 9.59 Å². The Balaban J connectivity index is 1.48. The highest BCUT2D eigenvalue weighted by molar-refractivity contribution is 5.98. The number of hydroxylamine groups is 2. The first-order chi connectivity index (χ1) is 17.4. The lowest BCUT2D eigenvalue weighted by atomic mass is 9.73. The van der Waals surface area contributed by atoms with Crippen molar-refractivity contribution in [3.05, 3.63) is 48.0 Å². The quantitative estimate of drug-likeness (QED) is 0.387. The molecular formula is C29H44N5O3-. The van der Waals surface area contributed by atoms with Crippen LogP contribution in [0.15, 0.2) is 37.2 Å². The van der Waals surface area contributed by atoms with Gasteiger partial charge in [0.25, 0.3) is 0 Å². The predicted octanol–water partition coefficient (Wildman–Crippen LogP) is 5.62. The number of amides is 1. The summed E-state index contributed by atoms with van der Waals surface area (Å²) >= 11 is 0. The zero-order valence-electron chi connectivity index (χ0n) is 23.4. The van der Waals surface area contributed by atoms with Crippen molar-refractivity contribution in [2.45, 2.75) is 116 Å². The molecule has 2 aliphatic heterocycles. The molecule has 0 aliphatic carbocycles. The van der Waals surface area contributed by atoms with Crippen LogP contribution in [0.2, 0.25) is 0 Å². The number of likely N-dealkylation sites (tertiary alicyclic amines) is 1. The summed E-state index contributed by atoms with van der Waals surface area (Å²) < 4.78 is 4.28. The Morgan fingerprint density at radius 1 is 1.11 bits per heavy atom. The molecule has 8 heteroatoms. The molecule has 4 heterocycles. The van der Waals surface area contributed by atoms with Gasteiger partial charge in [-0.15, -0.1) is 0 Å². The second-order valence-electron chi connectivity index (χ2n) is 12.5. The van der Waals surface area contributed by atoms with Crippen LogP contribution in [0.3, 0.4) is 0 Å². The average Bonchev–Trinajstić information content (AvgIpc) is 3.61. The zero-order valence-corrected chi connectivity index (χ0v) is 23.4. The van der Waals surface area contributed by atoms with Gasteiger partial charge < -0.3 is 24.3 Å². The molecule has 2 fully saturated rings. The fourth-order valence-electron chi connectivity index (χ4n) is 6.74. The summed E-state index contributed by atoms with van der Waals surface area (Å²) in [6.45, 7) is 12.9. The van der Waals surface area contributed by atoms with Gasteiger partial charge in [-0.25, -0.2) is 4.98 Å². The third-order valence-corrected chi connectivity index (χ3v) is 8.60. The van der Waals surface area contributed by atoms with Gasteiger partial charge in [0.2, 0.25) is 5.91 Å². The van der Waals surface area contributed by atoms with Gasteiger partial charge in [-0.3, -0.25) is 9.59 Å². The number of nitrogens with zero attached hydrogens (tertiary/aromatic N) is 5. The number of imidazole rings is 1. The first-order valence-electron chi connectivity index (χ1n) is 13.9. The van der Waals surface area contributed by atoms with Gasteiger partial charge in [-0.05, 0) is 79.2 Å². The Kier molecular flexibility index (Phi) is 8.00. The molecule has 2 aliphatic rings. The van der Waals surface area contributed by atoms with Gasteiger partial charge in [0.15, 0.2) is 5.78 Å². The molecule has 204 valence electrons. The minimum Gasteiger partial charge on any atom is -0.784 e. The molecule has 0 aromatic carbocycles. The zero-order chi connectivity index (χ0) is 27.0. The second-order valence-corrected chi connectivity index (χ2v) is 12.5. The van der Waals surface area contributed by atoms with Crippen LogP contribution in [0, 0.1) is 11.1 Å². The first-order valence-corrected chi connectivity index (χ1v) is 13.9. The maximum absolute atomic E-state index is 13.5. The Morgan fingerprint density at radius 2 is 1.81 bits per heavy atom. The molecule has 0 saturated carbocycles. The highest BCUT2D eigenvalue weighted by Crippen LogP contribution is 2.42. The molecule has 37 heavy (non-hydrogen) atoms. The van der Waals surface area contributed by atoms with Gasteiger partial charge >= 0.3 is 0 Å². The minimum atomic E-state index is -0.571. The van der Waals surface area contributed by atoms with Crippen LogP contribution in [-0.4, -0.2) is 59.4 Å². The molecule has 3 unspecified atom stereocenters. The number of piperidine rings is 1. The van der Waals surface area contributed by atoms with E-state index < -0.39 is 11.1 Å². The third-order valence-electron chi connectivity index (χ3n) is 8.60. The van der Waals surface area contributed by atoms with Crippen molar-refractivity contribution in [1.29, 1.82) is 0 Å². The number of carbonyl (C=O) groups is 2. The van der Waals surface area contributed by atoms with Crippen LogP contribution in [-0.2, 0) is 4.79 Å². The summed E-state index contributed by atoms with van der Waals surface area (Å²) in [5.41, 5.74) is -0.432. The molecular weight excluding hydrogens is 466 g/mol. The largest absolute Gasteiger partial charge is 0.784 e. The standard InChI is InChI=1S/C29H44N5O3/c1-7-24(32-14-11-30-20-32)16-25(33-12-8-9-26(33)35)15-21(2)31-13-10-22(19-31)27(36)23-17-28(3,4)34(37)29(5,6)18-23/h10-11,13-14,19-21,23-25H,7-9,12,15-18H2,1-6H3/q-1. The SMILES string of the molecule is CCC(CC(CC(C)n1ccc(C(=O)C2CC(C)(C)N([O-])C(C)(C)C2)c1)N1CCCC1=O)n1ccnc1. The van der Waals surface area contributed by atoms with Gasteiger partial charge in [0.05, 0.1) is 6.33 Å². The molecule has 3 atom stereocenters. The predicted molar refractivity (Wildman–Crippen MR) is 145 cm³/mol. The molecule has 2 aromatic heterocycles. The molecule has 0 radical (unpaired) electrons. The van der Waals surface area contributed by atoms with E-state index in [2.05, 4.69) is 32.9 Å². The van der Waals surface area contributed by atoms with E-state index in [0.29, 0.717) is 24.8 Å². The average molecular weight is 511 g/mol. The summed E-state index contributed by atoms with van der Waals surface area (Å²) in [4.78, 5) is 32.5. The fourth-order valence-corrected chi connectivity index (χ4v) is 6.74. The normalized spacial score (nSPS) is 22.8. The van der Waals surface area contributed by atoms with Crippen LogP contribution in [0.25, 0.3) is 0 Å². The second kappa shape index (κ2) is 10.7. The van der Waals surface area contributed by atoms with Crippen molar-refractivity contribution in [2.75, 3.05) is 6.54 Å². The van der Waals surface area contributed by atoms with E-state index in [1.165, 1.54) is 5.06 Å². The fraction of sp³-hybridized carbons (Fsp3) is 0.690. The van der Waals surface area contributed by atoms with Crippen molar-refractivity contribution >= 4 is 11.7 Å². The minimum absolute atomic E-state index is 0.123. The lowest BCUT2D eigenvalue weighted by Crippen LogP contribution is -2.58. The number of rotatable bonds is 10. The highest BCUT2D eigenvalue weighted by Gasteiger charge is 2.43. The van der Waals surface area contributed by atoms with Crippen molar-refractivity contribution in [3.63, 3.8) is 0 Å². The first kappa shape index (κ1) is 27.6. The van der Waals surface area contributed by atoms with Crippen LogP contribution in [0.4, 0.5) is 0 Å². The number of carbonyl (C=O) groups excluding carboxylic acids is 2. The lowest BCUT2D eigenvalue weighted by Gasteiger charge is -2.59. The maximum atomic E-state index is 13.5. The molecule has 0 spiro atoms. The smallest absolute Gasteiger partial charge is 0.222 e. The summed E-state index contributed by atoms with van der Waals surface area (Å²) in [7, 11) is 0. The monoisotopic (exact) mass is 510 g/mol. The summed E-state index contributed by atoms with van der Waals surface area (Å²) in [6.07, 6.45) is 15.0. The maximum Gasteiger partial charge on any atom is 0.222 e. The molecule has 2 aromatic rings. The highest BCUT2D eigenvalue weighted by atomic mass is 16.5. The third kappa shape index (κ3) is 5.85. The number of aromatic nitrogens is 3. The molecule has 2 saturated heterocycles. The van der Waals surface area contributed by atoms with Gasteiger partial charge in [0.1, 0.15) is 0 Å². The van der Waals surface area contributed by atoms with Crippen molar-refractivity contribution in [1.82, 2.24) is 24.1 Å². The van der Waals surface area contributed by atoms with Crippen LogP contribution in [0.1, 0.15) is 109 Å².